The molecule has 0 fully saturated rings. The highest BCUT2D eigenvalue weighted by Crippen LogP contribution is 2.20. The Morgan fingerprint density at radius 3 is 2.48 bits per heavy atom. The summed E-state index contributed by atoms with van der Waals surface area (Å²) in [6, 6.07) is 7.03. The Hall–Kier alpha value is -2.19. The molecular weight excluding hydrogens is 292 g/mol. The topological polar surface area (TPSA) is 93.2 Å². The van der Waals surface area contributed by atoms with E-state index in [2.05, 4.69) is 20.0 Å². The van der Waals surface area contributed by atoms with Gasteiger partial charge in [0.05, 0.1) is 24.7 Å². The average molecular weight is 308 g/mol. The van der Waals surface area contributed by atoms with E-state index in [1.807, 2.05) is 6.07 Å². The van der Waals surface area contributed by atoms with Crippen molar-refractivity contribution in [2.75, 3.05) is 24.2 Å². The van der Waals surface area contributed by atoms with E-state index in [1.54, 1.807) is 32.4 Å². The first-order valence-electron chi connectivity index (χ1n) is 6.16. The Morgan fingerprint density at radius 2 is 1.86 bits per heavy atom. The number of nitrogens with one attached hydrogen (secondary N) is 2. The monoisotopic (exact) mass is 308 g/mol. The van der Waals surface area contributed by atoms with E-state index in [1.165, 1.54) is 12.4 Å². The van der Waals surface area contributed by atoms with E-state index >= 15 is 0 Å². The Labute approximate surface area is 123 Å². The highest BCUT2D eigenvalue weighted by atomic mass is 32.2. The number of nitrogens with zero attached hydrogens (tertiary/aromatic N) is 2. The minimum absolute atomic E-state index is 0.00581. The number of methoxy groups -OCH3 is 1. The number of rotatable bonds is 6. The summed E-state index contributed by atoms with van der Waals surface area (Å²) in [5, 5.41) is 2.73. The van der Waals surface area contributed by atoms with Crippen LogP contribution < -0.4 is 10.0 Å². The summed E-state index contributed by atoms with van der Waals surface area (Å²) < 4.78 is 32.2. The van der Waals surface area contributed by atoms with E-state index in [0.717, 1.165) is 5.56 Å². The SMILES string of the molecule is CNc1ncc(S(=O)(=O)Nc2ccccc2COC)cn1. The maximum atomic E-state index is 12.3. The van der Waals surface area contributed by atoms with Crippen LogP contribution in [-0.4, -0.2) is 32.5 Å². The van der Waals surface area contributed by atoms with Gasteiger partial charge in [0.25, 0.3) is 10.0 Å². The van der Waals surface area contributed by atoms with Crippen LogP contribution in [0.15, 0.2) is 41.6 Å². The number of benzene rings is 1. The largest absolute Gasteiger partial charge is 0.380 e. The van der Waals surface area contributed by atoms with Gasteiger partial charge in [-0.05, 0) is 6.07 Å². The predicted molar refractivity (Wildman–Crippen MR) is 79.5 cm³/mol. The molecule has 8 heteroatoms. The van der Waals surface area contributed by atoms with Gasteiger partial charge in [-0.1, -0.05) is 18.2 Å². The maximum Gasteiger partial charge on any atom is 0.264 e. The molecule has 0 aliphatic rings. The van der Waals surface area contributed by atoms with Crippen molar-refractivity contribution in [2.45, 2.75) is 11.5 Å². The molecule has 0 bridgehead atoms. The minimum atomic E-state index is -3.74. The zero-order valence-corrected chi connectivity index (χ0v) is 12.5. The van der Waals surface area contributed by atoms with Crippen LogP contribution in [0.3, 0.4) is 0 Å². The standard InChI is InChI=1S/C13H16N4O3S/c1-14-13-15-7-11(8-16-13)21(18,19)17-12-6-4-3-5-10(12)9-20-2/h3-8,17H,9H2,1-2H3,(H,14,15,16). The van der Waals surface area contributed by atoms with Crippen molar-refractivity contribution in [3.05, 3.63) is 42.2 Å². The second-order valence-electron chi connectivity index (χ2n) is 4.19. The molecule has 0 saturated carbocycles. The van der Waals surface area contributed by atoms with Crippen molar-refractivity contribution in [3.63, 3.8) is 0 Å². The maximum absolute atomic E-state index is 12.3. The van der Waals surface area contributed by atoms with Crippen LogP contribution in [0.2, 0.25) is 0 Å². The third-order valence-electron chi connectivity index (χ3n) is 2.72. The zero-order valence-electron chi connectivity index (χ0n) is 11.7. The first-order valence-corrected chi connectivity index (χ1v) is 7.64. The molecule has 2 rings (SSSR count). The van der Waals surface area contributed by atoms with Crippen LogP contribution in [0.1, 0.15) is 5.56 Å². The molecule has 7 nitrogen and oxygen atoms in total. The van der Waals surface area contributed by atoms with Crippen molar-refractivity contribution >= 4 is 21.7 Å². The van der Waals surface area contributed by atoms with E-state index < -0.39 is 10.0 Å². The molecule has 0 aliphatic heterocycles. The van der Waals surface area contributed by atoms with Gasteiger partial charge in [0.1, 0.15) is 4.90 Å². The Bertz CT molecular complexity index is 702. The molecule has 2 aromatic rings. The van der Waals surface area contributed by atoms with Crippen molar-refractivity contribution in [2.24, 2.45) is 0 Å². The summed E-state index contributed by atoms with van der Waals surface area (Å²) in [6.45, 7) is 0.313. The Morgan fingerprint density at radius 1 is 1.19 bits per heavy atom. The molecule has 0 aliphatic carbocycles. The van der Waals surface area contributed by atoms with Crippen LogP contribution in [0.5, 0.6) is 0 Å². The third kappa shape index (κ3) is 3.67. The summed E-state index contributed by atoms with van der Waals surface area (Å²) in [6.07, 6.45) is 2.50. The minimum Gasteiger partial charge on any atom is -0.380 e. The van der Waals surface area contributed by atoms with Gasteiger partial charge in [-0.15, -0.1) is 0 Å². The van der Waals surface area contributed by atoms with Gasteiger partial charge in [-0.25, -0.2) is 18.4 Å². The lowest BCUT2D eigenvalue weighted by Gasteiger charge is -2.12. The number of para-hydroxylation sites is 1. The second kappa shape index (κ2) is 6.51. The van der Waals surface area contributed by atoms with Crippen LogP contribution in [0.4, 0.5) is 11.6 Å². The Balaban J connectivity index is 2.28. The van der Waals surface area contributed by atoms with Crippen LogP contribution in [0, 0.1) is 0 Å². The summed E-state index contributed by atoms with van der Waals surface area (Å²) >= 11 is 0. The van der Waals surface area contributed by atoms with Gasteiger partial charge in [-0.2, -0.15) is 0 Å². The molecule has 0 unspecified atom stereocenters. The number of hydrogen-bond acceptors (Lipinski definition) is 6. The molecular formula is C13H16N4O3S. The quantitative estimate of drug-likeness (QED) is 0.839. The summed E-state index contributed by atoms with van der Waals surface area (Å²) in [4.78, 5) is 7.79. The number of ether oxygens (including phenoxy) is 1. The third-order valence-corrected chi connectivity index (χ3v) is 4.04. The van der Waals surface area contributed by atoms with Crippen molar-refractivity contribution in [1.29, 1.82) is 0 Å². The summed E-state index contributed by atoms with van der Waals surface area (Å²) in [7, 11) is -0.531. The molecule has 0 saturated heterocycles. The number of aromatic nitrogens is 2. The number of hydrogen-bond donors (Lipinski definition) is 2. The van der Waals surface area contributed by atoms with E-state index in [9.17, 15) is 8.42 Å². The van der Waals surface area contributed by atoms with Crippen LogP contribution >= 0.6 is 0 Å². The molecule has 0 amide bonds. The van der Waals surface area contributed by atoms with Crippen molar-refractivity contribution in [1.82, 2.24) is 9.97 Å². The lowest BCUT2D eigenvalue weighted by molar-refractivity contribution is 0.185. The molecule has 0 radical (unpaired) electrons. The first kappa shape index (κ1) is 15.2. The molecule has 21 heavy (non-hydrogen) atoms. The fourth-order valence-electron chi connectivity index (χ4n) is 1.69. The van der Waals surface area contributed by atoms with Crippen LogP contribution in [0.25, 0.3) is 0 Å². The highest BCUT2D eigenvalue weighted by molar-refractivity contribution is 7.92. The van der Waals surface area contributed by atoms with Crippen LogP contribution in [-0.2, 0) is 21.4 Å². The van der Waals surface area contributed by atoms with E-state index in [4.69, 9.17) is 4.74 Å². The molecule has 1 aromatic carbocycles. The van der Waals surface area contributed by atoms with Gasteiger partial charge in [0, 0.05) is 19.7 Å². The summed E-state index contributed by atoms with van der Waals surface area (Å²) in [5.41, 5.74) is 1.22. The van der Waals surface area contributed by atoms with Crippen molar-refractivity contribution < 1.29 is 13.2 Å². The van der Waals surface area contributed by atoms with E-state index in [0.29, 0.717) is 18.2 Å². The van der Waals surface area contributed by atoms with Crippen molar-refractivity contribution in [3.8, 4) is 0 Å². The van der Waals surface area contributed by atoms with Gasteiger partial charge in [0.15, 0.2) is 0 Å². The molecule has 2 N–H and O–H groups in total. The fourth-order valence-corrected chi connectivity index (χ4v) is 2.68. The molecule has 1 heterocycles. The number of anilines is 2. The second-order valence-corrected chi connectivity index (χ2v) is 5.87. The molecule has 112 valence electrons. The molecule has 0 spiro atoms. The van der Waals surface area contributed by atoms with E-state index in [-0.39, 0.29) is 4.90 Å². The predicted octanol–water partition coefficient (Wildman–Crippen LogP) is 1.47. The average Bonchev–Trinajstić information content (AvgIpc) is 2.49. The number of sulfonamides is 1. The fraction of sp³-hybridized carbons (Fsp3) is 0.231. The first-order chi connectivity index (χ1) is 10.1. The van der Waals surface area contributed by atoms with Gasteiger partial charge in [-0.3, -0.25) is 4.72 Å². The lowest BCUT2D eigenvalue weighted by atomic mass is 10.2. The molecule has 0 atom stereocenters. The Kier molecular flexibility index (Phi) is 4.71. The van der Waals surface area contributed by atoms with Gasteiger partial charge < -0.3 is 10.1 Å². The zero-order chi connectivity index (χ0) is 15.3. The van der Waals surface area contributed by atoms with Gasteiger partial charge >= 0.3 is 0 Å². The highest BCUT2D eigenvalue weighted by Gasteiger charge is 2.17. The summed E-state index contributed by atoms with van der Waals surface area (Å²) in [5.74, 6) is 0.355. The van der Waals surface area contributed by atoms with Gasteiger partial charge in [0.2, 0.25) is 5.95 Å². The molecule has 1 aromatic heterocycles. The smallest absolute Gasteiger partial charge is 0.264 e. The lowest BCUT2D eigenvalue weighted by Crippen LogP contribution is -2.15. The normalized spacial score (nSPS) is 11.1.